The summed E-state index contributed by atoms with van der Waals surface area (Å²) in [6.07, 6.45) is 3.57. The first-order chi connectivity index (χ1) is 11.5. The van der Waals surface area contributed by atoms with Crippen LogP contribution < -0.4 is 4.31 Å². The Morgan fingerprint density at radius 2 is 1.58 bits per heavy atom. The third kappa shape index (κ3) is 3.03. The van der Waals surface area contributed by atoms with Crippen molar-refractivity contribution in [2.24, 2.45) is 0 Å². The van der Waals surface area contributed by atoms with Gasteiger partial charge in [-0.2, -0.15) is 0 Å². The van der Waals surface area contributed by atoms with Crippen LogP contribution in [-0.2, 0) is 10.0 Å². The van der Waals surface area contributed by atoms with Crippen LogP contribution in [0.15, 0.2) is 78.0 Å². The van der Waals surface area contributed by atoms with Crippen molar-refractivity contribution in [3.63, 3.8) is 0 Å². The van der Waals surface area contributed by atoms with Crippen molar-refractivity contribution in [1.29, 1.82) is 0 Å². The largest absolute Gasteiger partial charge is 0.269 e. The van der Waals surface area contributed by atoms with Crippen LogP contribution in [0.1, 0.15) is 5.56 Å². The van der Waals surface area contributed by atoms with E-state index in [1.165, 1.54) is 4.31 Å². The Morgan fingerprint density at radius 1 is 0.917 bits per heavy atom. The summed E-state index contributed by atoms with van der Waals surface area (Å²) in [5.41, 5.74) is 3.79. The zero-order valence-corrected chi connectivity index (χ0v) is 14.4. The molecule has 3 aromatic rings. The fourth-order valence-corrected chi connectivity index (χ4v) is 3.72. The normalized spacial score (nSPS) is 11.2. The van der Waals surface area contributed by atoms with E-state index in [1.807, 2.05) is 43.5 Å². The zero-order chi connectivity index (χ0) is 17.2. The molecule has 0 spiro atoms. The molecule has 0 unspecified atom stereocenters. The van der Waals surface area contributed by atoms with Gasteiger partial charge in [-0.05, 0) is 48.4 Å². The highest BCUT2D eigenvalue weighted by Crippen LogP contribution is 2.27. The van der Waals surface area contributed by atoms with E-state index >= 15 is 0 Å². The Balaban J connectivity index is 1.92. The summed E-state index contributed by atoms with van der Waals surface area (Å²) in [4.78, 5) is 4.43. The van der Waals surface area contributed by atoms with Crippen LogP contribution in [0.4, 0.5) is 5.69 Å². The van der Waals surface area contributed by atoms with E-state index in [9.17, 15) is 8.42 Å². The van der Waals surface area contributed by atoms with Gasteiger partial charge in [0.2, 0.25) is 0 Å². The van der Waals surface area contributed by atoms with Gasteiger partial charge in [-0.3, -0.25) is 9.29 Å². The molecule has 0 aliphatic carbocycles. The molecule has 1 heterocycles. The smallest absolute Gasteiger partial charge is 0.264 e. The minimum Gasteiger partial charge on any atom is -0.269 e. The maximum atomic E-state index is 12.7. The SMILES string of the molecule is Cc1ccncc1-c1ccc(N(C)S(=O)(=O)c2ccccc2)cc1. The Kier molecular flexibility index (Phi) is 4.36. The molecule has 0 atom stereocenters. The van der Waals surface area contributed by atoms with Crippen molar-refractivity contribution < 1.29 is 8.42 Å². The number of benzene rings is 2. The number of nitrogens with zero attached hydrogens (tertiary/aromatic N) is 2. The van der Waals surface area contributed by atoms with Gasteiger partial charge in [0.15, 0.2) is 0 Å². The Hall–Kier alpha value is -2.66. The van der Waals surface area contributed by atoms with Crippen LogP contribution in [0, 0.1) is 6.92 Å². The lowest BCUT2D eigenvalue weighted by atomic mass is 10.0. The molecule has 0 aliphatic rings. The van der Waals surface area contributed by atoms with Gasteiger partial charge < -0.3 is 0 Å². The molecule has 0 aliphatic heterocycles. The molecular formula is C19H18N2O2S. The first-order valence-corrected chi connectivity index (χ1v) is 8.99. The van der Waals surface area contributed by atoms with Crippen LogP contribution in [0.2, 0.25) is 0 Å². The number of pyridine rings is 1. The fraction of sp³-hybridized carbons (Fsp3) is 0.105. The number of aryl methyl sites for hydroxylation is 1. The number of anilines is 1. The van der Waals surface area contributed by atoms with Gasteiger partial charge in [0.25, 0.3) is 10.0 Å². The summed E-state index contributed by atoms with van der Waals surface area (Å²) in [6, 6.07) is 17.8. The second-order valence-electron chi connectivity index (χ2n) is 5.52. The van der Waals surface area contributed by atoms with Crippen molar-refractivity contribution in [3.8, 4) is 11.1 Å². The van der Waals surface area contributed by atoms with Gasteiger partial charge in [0.1, 0.15) is 0 Å². The molecule has 0 saturated heterocycles. The van der Waals surface area contributed by atoms with Crippen LogP contribution in [0.5, 0.6) is 0 Å². The lowest BCUT2D eigenvalue weighted by Gasteiger charge is -2.20. The van der Waals surface area contributed by atoms with Crippen molar-refractivity contribution in [2.45, 2.75) is 11.8 Å². The van der Waals surface area contributed by atoms with Gasteiger partial charge in [0.05, 0.1) is 10.6 Å². The molecule has 0 N–H and O–H groups in total. The summed E-state index contributed by atoms with van der Waals surface area (Å²) in [5, 5.41) is 0. The van der Waals surface area contributed by atoms with E-state index < -0.39 is 10.0 Å². The first-order valence-electron chi connectivity index (χ1n) is 7.55. The minimum atomic E-state index is -3.56. The van der Waals surface area contributed by atoms with Gasteiger partial charge in [0, 0.05) is 25.0 Å². The van der Waals surface area contributed by atoms with Gasteiger partial charge in [-0.25, -0.2) is 8.42 Å². The lowest BCUT2D eigenvalue weighted by molar-refractivity contribution is 0.594. The predicted molar refractivity (Wildman–Crippen MR) is 96.4 cm³/mol. The standard InChI is InChI=1S/C19H18N2O2S/c1-15-12-13-20-14-19(15)16-8-10-17(11-9-16)21(2)24(22,23)18-6-4-3-5-7-18/h3-14H,1-2H3. The van der Waals surface area contributed by atoms with E-state index in [2.05, 4.69) is 4.98 Å². The van der Waals surface area contributed by atoms with E-state index in [-0.39, 0.29) is 4.90 Å². The number of hydrogen-bond donors (Lipinski definition) is 0. The maximum absolute atomic E-state index is 12.7. The highest BCUT2D eigenvalue weighted by atomic mass is 32.2. The average molecular weight is 338 g/mol. The molecule has 4 nitrogen and oxygen atoms in total. The maximum Gasteiger partial charge on any atom is 0.264 e. The Morgan fingerprint density at radius 3 is 2.21 bits per heavy atom. The molecule has 3 rings (SSSR count). The van der Waals surface area contributed by atoms with Gasteiger partial charge in [-0.1, -0.05) is 30.3 Å². The van der Waals surface area contributed by atoms with Crippen molar-refractivity contribution >= 4 is 15.7 Å². The third-order valence-corrected chi connectivity index (χ3v) is 5.78. The fourth-order valence-electron chi connectivity index (χ4n) is 2.51. The van der Waals surface area contributed by atoms with E-state index in [4.69, 9.17) is 0 Å². The molecule has 1 aromatic heterocycles. The molecule has 0 fully saturated rings. The van der Waals surface area contributed by atoms with Crippen LogP contribution in [-0.4, -0.2) is 20.4 Å². The van der Waals surface area contributed by atoms with Crippen molar-refractivity contribution in [2.75, 3.05) is 11.4 Å². The molecule has 0 amide bonds. The summed E-state index contributed by atoms with van der Waals surface area (Å²) in [6.45, 7) is 2.02. The Labute approximate surface area is 142 Å². The molecule has 0 radical (unpaired) electrons. The second kappa shape index (κ2) is 6.45. The number of aromatic nitrogens is 1. The molecule has 122 valence electrons. The summed E-state index contributed by atoms with van der Waals surface area (Å²) in [7, 11) is -1.99. The summed E-state index contributed by atoms with van der Waals surface area (Å²) in [5.74, 6) is 0. The van der Waals surface area contributed by atoms with Crippen LogP contribution >= 0.6 is 0 Å². The Bertz CT molecular complexity index is 937. The quantitative estimate of drug-likeness (QED) is 0.725. The summed E-state index contributed by atoms with van der Waals surface area (Å²) < 4.78 is 26.6. The number of hydrogen-bond acceptors (Lipinski definition) is 3. The highest BCUT2D eigenvalue weighted by Gasteiger charge is 2.20. The molecule has 24 heavy (non-hydrogen) atoms. The van der Waals surface area contributed by atoms with E-state index in [0.29, 0.717) is 5.69 Å². The van der Waals surface area contributed by atoms with Crippen molar-refractivity contribution in [3.05, 3.63) is 78.6 Å². The molecule has 5 heteroatoms. The monoisotopic (exact) mass is 338 g/mol. The number of sulfonamides is 1. The highest BCUT2D eigenvalue weighted by molar-refractivity contribution is 7.92. The number of rotatable bonds is 4. The molecule has 2 aromatic carbocycles. The van der Waals surface area contributed by atoms with Gasteiger partial charge in [-0.15, -0.1) is 0 Å². The first kappa shape index (κ1) is 16.2. The zero-order valence-electron chi connectivity index (χ0n) is 13.5. The topological polar surface area (TPSA) is 50.3 Å². The van der Waals surface area contributed by atoms with E-state index in [1.54, 1.807) is 43.6 Å². The predicted octanol–water partition coefficient (Wildman–Crippen LogP) is 3.88. The third-order valence-electron chi connectivity index (χ3n) is 3.98. The van der Waals surface area contributed by atoms with E-state index in [0.717, 1.165) is 16.7 Å². The summed E-state index contributed by atoms with van der Waals surface area (Å²) >= 11 is 0. The average Bonchev–Trinajstić information content (AvgIpc) is 2.62. The molecular weight excluding hydrogens is 320 g/mol. The van der Waals surface area contributed by atoms with Crippen molar-refractivity contribution in [1.82, 2.24) is 4.98 Å². The molecule has 0 bridgehead atoms. The second-order valence-corrected chi connectivity index (χ2v) is 7.49. The van der Waals surface area contributed by atoms with Crippen LogP contribution in [0.25, 0.3) is 11.1 Å². The molecule has 0 saturated carbocycles. The minimum absolute atomic E-state index is 0.277. The lowest BCUT2D eigenvalue weighted by Crippen LogP contribution is -2.26. The van der Waals surface area contributed by atoms with Crippen LogP contribution in [0.3, 0.4) is 0 Å². The van der Waals surface area contributed by atoms with Gasteiger partial charge >= 0.3 is 0 Å².